The van der Waals surface area contributed by atoms with Crippen molar-refractivity contribution in [2.45, 2.75) is 64.7 Å². The molecule has 0 amide bonds. The van der Waals surface area contributed by atoms with Gasteiger partial charge in [0.1, 0.15) is 17.3 Å². The summed E-state index contributed by atoms with van der Waals surface area (Å²) in [6, 6.07) is 76.3. The van der Waals surface area contributed by atoms with Crippen LogP contribution in [0.1, 0.15) is 81.8 Å². The lowest BCUT2D eigenvalue weighted by Gasteiger charge is -2.30. The smallest absolute Gasteiger partial charge is 0.137 e. The number of hydrogen-bond donors (Lipinski definition) is 0. The van der Waals surface area contributed by atoms with Gasteiger partial charge in [0.05, 0.1) is 23.4 Å². The van der Waals surface area contributed by atoms with Gasteiger partial charge in [-0.25, -0.2) is 4.98 Å². The lowest BCUT2D eigenvalue weighted by molar-refractivity contribution is 0.480. The van der Waals surface area contributed by atoms with E-state index in [0.717, 1.165) is 67.3 Å². The van der Waals surface area contributed by atoms with Crippen molar-refractivity contribution in [3.8, 4) is 28.4 Å². The van der Waals surface area contributed by atoms with Crippen LogP contribution in [0.15, 0.2) is 225 Å². The third-order valence-corrected chi connectivity index (χ3v) is 14.7. The Bertz CT molecular complexity index is 3570. The molecule has 2 aromatic heterocycles. The van der Waals surface area contributed by atoms with Gasteiger partial charge in [-0.2, -0.15) is 0 Å². The van der Waals surface area contributed by atoms with Crippen LogP contribution in [0.5, 0.6) is 11.5 Å². The maximum Gasteiger partial charge on any atom is 0.137 e. The molecule has 0 aliphatic carbocycles. The van der Waals surface area contributed by atoms with Gasteiger partial charge < -0.3 is 14.5 Å². The number of anilines is 2. The van der Waals surface area contributed by atoms with E-state index in [0.29, 0.717) is 6.67 Å². The molecule has 0 saturated heterocycles. The molecule has 5 heteroatoms. The molecule has 0 unspecified atom stereocenters. The minimum absolute atomic E-state index is 0.0211. The highest BCUT2D eigenvalue weighted by Crippen LogP contribution is 2.44. The predicted octanol–water partition coefficient (Wildman–Crippen LogP) is 16.9. The molecule has 0 N–H and O–H groups in total. The van der Waals surface area contributed by atoms with Crippen molar-refractivity contribution in [3.05, 3.63) is 258 Å². The van der Waals surface area contributed by atoms with Crippen LogP contribution in [0.4, 0.5) is 11.4 Å². The summed E-state index contributed by atoms with van der Waals surface area (Å²) < 4.78 is 9.49. The van der Waals surface area contributed by atoms with E-state index in [2.05, 4.69) is 281 Å². The summed E-state index contributed by atoms with van der Waals surface area (Å²) in [5.41, 5.74) is 14.5. The Morgan fingerprint density at radius 1 is 0.423 bits per heavy atom. The largest absolute Gasteiger partial charge is 0.457 e. The number of fused-ring (bicyclic) bond motifs is 3. The predicted molar refractivity (Wildman–Crippen MR) is 297 cm³/mol. The molecule has 8 aromatic carbocycles. The standard InChI is InChI=1S/C66H60N4O/c1-64(2,3)51-29-20-30-54(38-51)68-44-62(47-23-14-9-15-24-47)69(45-68)55-39-53(66(6,7)50-27-18-11-19-28-50)40-57(42-55)71-56-32-33-58-59-37-48(46-21-12-8-13-22-46)31-34-60(59)70(61(58)43-56)63-41-52(35-36-67-63)65(4,5)49-25-16-10-17-26-49/h8-44H,45H2,1-7H3. The van der Waals surface area contributed by atoms with Crippen LogP contribution >= 0.6 is 0 Å². The number of pyridine rings is 1. The molecule has 350 valence electrons. The van der Waals surface area contributed by atoms with Gasteiger partial charge in [-0.15, -0.1) is 0 Å². The highest BCUT2D eigenvalue weighted by Gasteiger charge is 2.30. The molecular formula is C66H60N4O. The number of aromatic nitrogens is 2. The van der Waals surface area contributed by atoms with Crippen molar-refractivity contribution in [2.24, 2.45) is 0 Å². The molecule has 0 radical (unpaired) electrons. The van der Waals surface area contributed by atoms with Crippen LogP contribution in [0.2, 0.25) is 0 Å². The average molecular weight is 925 g/mol. The van der Waals surface area contributed by atoms with Crippen LogP contribution in [0.25, 0.3) is 44.4 Å². The summed E-state index contributed by atoms with van der Waals surface area (Å²) in [7, 11) is 0. The third kappa shape index (κ3) is 8.67. The molecule has 1 aliphatic rings. The minimum atomic E-state index is -0.344. The van der Waals surface area contributed by atoms with Crippen LogP contribution < -0.4 is 14.5 Å². The zero-order chi connectivity index (χ0) is 48.9. The Morgan fingerprint density at radius 3 is 1.72 bits per heavy atom. The molecule has 10 aromatic rings. The number of benzene rings is 8. The second-order valence-electron chi connectivity index (χ2n) is 21.0. The van der Waals surface area contributed by atoms with Crippen molar-refractivity contribution in [1.29, 1.82) is 0 Å². The van der Waals surface area contributed by atoms with E-state index >= 15 is 0 Å². The van der Waals surface area contributed by atoms with Crippen molar-refractivity contribution in [1.82, 2.24) is 9.55 Å². The second kappa shape index (κ2) is 18.0. The van der Waals surface area contributed by atoms with Gasteiger partial charge >= 0.3 is 0 Å². The van der Waals surface area contributed by atoms with E-state index in [4.69, 9.17) is 9.72 Å². The SMILES string of the molecule is CC(C)(C)c1cccc(N2C=C(c3ccccc3)N(c3cc(Oc4ccc5c6cc(-c7ccccc7)ccc6n(-c6cc(C(C)(C)c7ccccc7)ccn6)c5c4)cc(C(C)(C)c4ccccc4)c3)C2)c1. The summed E-state index contributed by atoms with van der Waals surface area (Å²) in [6.07, 6.45) is 4.25. The maximum absolute atomic E-state index is 7.19. The van der Waals surface area contributed by atoms with E-state index in [9.17, 15) is 0 Å². The van der Waals surface area contributed by atoms with Crippen LogP contribution in [0, 0.1) is 0 Å². The summed E-state index contributed by atoms with van der Waals surface area (Å²) in [4.78, 5) is 9.89. The highest BCUT2D eigenvalue weighted by molar-refractivity contribution is 6.10. The number of hydrogen-bond acceptors (Lipinski definition) is 4. The Labute approximate surface area is 419 Å². The van der Waals surface area contributed by atoms with Crippen molar-refractivity contribution >= 4 is 38.9 Å². The van der Waals surface area contributed by atoms with Gasteiger partial charge in [0.2, 0.25) is 0 Å². The molecule has 0 saturated carbocycles. The second-order valence-corrected chi connectivity index (χ2v) is 21.0. The monoisotopic (exact) mass is 924 g/mol. The third-order valence-electron chi connectivity index (χ3n) is 14.7. The first-order chi connectivity index (χ1) is 34.3. The first-order valence-corrected chi connectivity index (χ1v) is 24.8. The Morgan fingerprint density at radius 2 is 1.04 bits per heavy atom. The van der Waals surface area contributed by atoms with Crippen LogP contribution in [-0.4, -0.2) is 16.2 Å². The van der Waals surface area contributed by atoms with Gasteiger partial charge in [0, 0.05) is 57.5 Å². The Hall–Kier alpha value is -8.15. The van der Waals surface area contributed by atoms with Crippen LogP contribution in [0.3, 0.4) is 0 Å². The summed E-state index contributed by atoms with van der Waals surface area (Å²) >= 11 is 0. The zero-order valence-corrected chi connectivity index (χ0v) is 41.8. The minimum Gasteiger partial charge on any atom is -0.457 e. The number of nitrogens with zero attached hydrogens (tertiary/aromatic N) is 4. The zero-order valence-electron chi connectivity index (χ0n) is 41.8. The summed E-state index contributed by atoms with van der Waals surface area (Å²) in [5, 5.41) is 2.29. The summed E-state index contributed by atoms with van der Waals surface area (Å²) in [5.74, 6) is 2.36. The van der Waals surface area contributed by atoms with Crippen LogP contribution in [-0.2, 0) is 16.2 Å². The van der Waals surface area contributed by atoms with E-state index in [1.807, 2.05) is 6.20 Å². The Balaban J connectivity index is 1.05. The molecular weight excluding hydrogens is 865 g/mol. The van der Waals surface area contributed by atoms with Gasteiger partial charge in [0.15, 0.2) is 0 Å². The molecule has 0 bridgehead atoms. The van der Waals surface area contributed by atoms with Crippen molar-refractivity contribution < 1.29 is 4.74 Å². The fraction of sp³-hybridized carbons (Fsp3) is 0.167. The normalized spacial score (nSPS) is 13.3. The lowest BCUT2D eigenvalue weighted by atomic mass is 9.78. The molecule has 0 fully saturated rings. The average Bonchev–Trinajstić information content (AvgIpc) is 3.99. The molecule has 71 heavy (non-hydrogen) atoms. The Kier molecular flexibility index (Phi) is 11.5. The molecule has 5 nitrogen and oxygen atoms in total. The molecule has 0 spiro atoms. The molecule has 11 rings (SSSR count). The number of ether oxygens (including phenoxy) is 1. The molecule has 1 aliphatic heterocycles. The first kappa shape index (κ1) is 45.3. The maximum atomic E-state index is 7.19. The molecule has 3 heterocycles. The van der Waals surface area contributed by atoms with E-state index in [-0.39, 0.29) is 16.2 Å². The topological polar surface area (TPSA) is 33.5 Å². The lowest BCUT2D eigenvalue weighted by Crippen LogP contribution is -2.27. The van der Waals surface area contributed by atoms with Crippen molar-refractivity contribution in [3.63, 3.8) is 0 Å². The number of rotatable bonds is 11. The van der Waals surface area contributed by atoms with E-state index in [1.165, 1.54) is 33.4 Å². The molecule has 0 atom stereocenters. The first-order valence-electron chi connectivity index (χ1n) is 24.8. The van der Waals surface area contributed by atoms with Gasteiger partial charge in [-0.05, 0) is 111 Å². The van der Waals surface area contributed by atoms with E-state index in [1.54, 1.807) is 0 Å². The van der Waals surface area contributed by atoms with Crippen molar-refractivity contribution in [2.75, 3.05) is 16.5 Å². The highest BCUT2D eigenvalue weighted by atomic mass is 16.5. The fourth-order valence-corrected chi connectivity index (χ4v) is 10.2. The van der Waals surface area contributed by atoms with Gasteiger partial charge in [-0.1, -0.05) is 188 Å². The van der Waals surface area contributed by atoms with Gasteiger partial charge in [0.25, 0.3) is 0 Å². The fourth-order valence-electron chi connectivity index (χ4n) is 10.2. The van der Waals surface area contributed by atoms with E-state index < -0.39 is 0 Å². The summed E-state index contributed by atoms with van der Waals surface area (Å²) in [6.45, 7) is 16.6. The quantitative estimate of drug-likeness (QED) is 0.129. The van der Waals surface area contributed by atoms with Gasteiger partial charge in [-0.3, -0.25) is 4.57 Å².